The lowest BCUT2D eigenvalue weighted by molar-refractivity contribution is -0.135. The Hall–Kier alpha value is -1.59. The van der Waals surface area contributed by atoms with Gasteiger partial charge in [-0.1, -0.05) is 13.8 Å². The van der Waals surface area contributed by atoms with Gasteiger partial charge in [-0.2, -0.15) is 0 Å². The average molecular weight is 378 g/mol. The Kier molecular flexibility index (Phi) is 6.11. The molecule has 152 valence electrons. The quantitative estimate of drug-likeness (QED) is 0.713. The number of nitrogens with one attached hydrogen (secondary N) is 2. The second-order valence-corrected chi connectivity index (χ2v) is 9.11. The van der Waals surface area contributed by atoms with Crippen molar-refractivity contribution in [2.45, 2.75) is 71.8 Å². The molecule has 3 atom stereocenters. The van der Waals surface area contributed by atoms with Crippen molar-refractivity contribution >= 4 is 17.7 Å². The van der Waals surface area contributed by atoms with Crippen LogP contribution < -0.4 is 10.6 Å². The largest absolute Gasteiger partial charge is 0.356 e. The van der Waals surface area contributed by atoms with Gasteiger partial charge in [-0.05, 0) is 62.7 Å². The Morgan fingerprint density at radius 1 is 1.19 bits per heavy atom. The number of carbonyl (C=O) groups is 3. The summed E-state index contributed by atoms with van der Waals surface area (Å²) < 4.78 is 0. The monoisotopic (exact) mass is 377 g/mol. The van der Waals surface area contributed by atoms with Crippen LogP contribution in [-0.2, 0) is 14.4 Å². The molecule has 3 amide bonds. The van der Waals surface area contributed by atoms with Crippen LogP contribution in [0.4, 0.5) is 0 Å². The highest BCUT2D eigenvalue weighted by molar-refractivity contribution is 5.87. The Morgan fingerprint density at radius 2 is 1.89 bits per heavy atom. The Balaban J connectivity index is 1.45. The topological polar surface area (TPSA) is 78.5 Å². The van der Waals surface area contributed by atoms with Crippen molar-refractivity contribution < 1.29 is 14.4 Å². The number of hydrogen-bond acceptors (Lipinski definition) is 3. The van der Waals surface area contributed by atoms with Crippen LogP contribution in [0.3, 0.4) is 0 Å². The standard InChI is InChI=1S/C21H35N3O3/c1-4-18(23-15(3)25)19(26)24-12-14(2)17(13-24)7-10-22-20(27)21-8-5-16(11-21)6-9-21/h14,16-18H,4-13H2,1-3H3,(H,22,27)(H,23,25)/t14-,16?,17-,18?,21?/m1/s1. The maximum Gasteiger partial charge on any atom is 0.245 e. The fraction of sp³-hybridized carbons (Fsp3) is 0.857. The molecule has 0 spiro atoms. The molecule has 0 aromatic rings. The van der Waals surface area contributed by atoms with E-state index in [1.54, 1.807) is 0 Å². The molecule has 2 N–H and O–H groups in total. The van der Waals surface area contributed by atoms with Gasteiger partial charge in [0.2, 0.25) is 17.7 Å². The third-order valence-electron chi connectivity index (χ3n) is 7.19. The van der Waals surface area contributed by atoms with E-state index in [2.05, 4.69) is 17.6 Å². The fourth-order valence-corrected chi connectivity index (χ4v) is 5.46. The molecule has 1 saturated heterocycles. The maximum absolute atomic E-state index is 12.7. The summed E-state index contributed by atoms with van der Waals surface area (Å²) in [7, 11) is 0. The number of hydrogen-bond donors (Lipinski definition) is 2. The van der Waals surface area contributed by atoms with Crippen LogP contribution in [0.2, 0.25) is 0 Å². The van der Waals surface area contributed by atoms with Gasteiger partial charge in [0.25, 0.3) is 0 Å². The Bertz CT molecular complexity index is 583. The van der Waals surface area contributed by atoms with E-state index >= 15 is 0 Å². The number of fused-ring (bicyclic) bond motifs is 2. The molecule has 6 nitrogen and oxygen atoms in total. The van der Waals surface area contributed by atoms with Gasteiger partial charge in [0.1, 0.15) is 6.04 Å². The van der Waals surface area contributed by atoms with Crippen molar-refractivity contribution in [2.24, 2.45) is 23.2 Å². The number of amides is 3. The Labute approximate surface area is 162 Å². The first kappa shape index (κ1) is 20.2. The van der Waals surface area contributed by atoms with Crippen LogP contribution in [0.25, 0.3) is 0 Å². The average Bonchev–Trinajstić information content (AvgIpc) is 3.34. The zero-order valence-corrected chi connectivity index (χ0v) is 17.1. The van der Waals surface area contributed by atoms with Gasteiger partial charge in [-0.25, -0.2) is 0 Å². The molecule has 3 aliphatic rings. The molecule has 27 heavy (non-hydrogen) atoms. The highest BCUT2D eigenvalue weighted by Gasteiger charge is 2.49. The van der Waals surface area contributed by atoms with Gasteiger partial charge in [0, 0.05) is 32.0 Å². The van der Waals surface area contributed by atoms with Gasteiger partial charge >= 0.3 is 0 Å². The molecule has 0 aromatic heterocycles. The minimum Gasteiger partial charge on any atom is -0.356 e. The van der Waals surface area contributed by atoms with Gasteiger partial charge in [0.05, 0.1) is 0 Å². The Morgan fingerprint density at radius 3 is 2.44 bits per heavy atom. The lowest BCUT2D eigenvalue weighted by atomic mass is 9.83. The molecule has 1 aliphatic heterocycles. The second kappa shape index (κ2) is 8.19. The lowest BCUT2D eigenvalue weighted by Crippen LogP contribution is -2.47. The van der Waals surface area contributed by atoms with E-state index in [0.29, 0.717) is 24.8 Å². The highest BCUT2D eigenvalue weighted by Crippen LogP contribution is 2.54. The molecule has 1 unspecified atom stereocenters. The summed E-state index contributed by atoms with van der Waals surface area (Å²) in [5.41, 5.74) is -0.0688. The van der Waals surface area contributed by atoms with E-state index in [1.807, 2.05) is 11.8 Å². The van der Waals surface area contributed by atoms with Gasteiger partial charge < -0.3 is 15.5 Å². The summed E-state index contributed by atoms with van der Waals surface area (Å²) in [6.45, 7) is 7.70. The molecule has 0 radical (unpaired) electrons. The van der Waals surface area contributed by atoms with Crippen molar-refractivity contribution in [3.05, 3.63) is 0 Å². The predicted octanol–water partition coefficient (Wildman–Crippen LogP) is 2.08. The van der Waals surface area contributed by atoms with Crippen LogP contribution in [0.15, 0.2) is 0 Å². The summed E-state index contributed by atoms with van der Waals surface area (Å²) in [4.78, 5) is 38.5. The van der Waals surface area contributed by atoms with Gasteiger partial charge in [-0.15, -0.1) is 0 Å². The third-order valence-corrected chi connectivity index (χ3v) is 7.19. The molecule has 2 saturated carbocycles. The van der Waals surface area contributed by atoms with Gasteiger partial charge in [-0.3, -0.25) is 14.4 Å². The zero-order chi connectivity index (χ0) is 19.6. The van der Waals surface area contributed by atoms with Crippen molar-refractivity contribution in [1.29, 1.82) is 0 Å². The van der Waals surface area contributed by atoms with E-state index in [4.69, 9.17) is 0 Å². The first-order valence-corrected chi connectivity index (χ1v) is 10.7. The number of likely N-dealkylation sites (tertiary alicyclic amines) is 1. The molecule has 3 rings (SSSR count). The molecule has 1 heterocycles. The zero-order valence-electron chi connectivity index (χ0n) is 17.1. The van der Waals surface area contributed by atoms with Crippen LogP contribution in [0, 0.1) is 23.2 Å². The summed E-state index contributed by atoms with van der Waals surface area (Å²) in [5, 5.41) is 5.95. The van der Waals surface area contributed by atoms with Crippen molar-refractivity contribution in [2.75, 3.05) is 19.6 Å². The number of carbonyl (C=O) groups excluding carboxylic acids is 3. The first-order valence-electron chi connectivity index (χ1n) is 10.7. The highest BCUT2D eigenvalue weighted by atomic mass is 16.2. The van der Waals surface area contributed by atoms with E-state index in [1.165, 1.54) is 19.8 Å². The summed E-state index contributed by atoms with van der Waals surface area (Å²) in [6, 6.07) is -0.426. The molecule has 6 heteroatoms. The van der Waals surface area contributed by atoms with E-state index < -0.39 is 6.04 Å². The van der Waals surface area contributed by atoms with Crippen LogP contribution >= 0.6 is 0 Å². The third kappa shape index (κ3) is 4.30. The van der Waals surface area contributed by atoms with Crippen LogP contribution in [-0.4, -0.2) is 48.3 Å². The predicted molar refractivity (Wildman–Crippen MR) is 104 cm³/mol. The summed E-state index contributed by atoms with van der Waals surface area (Å²) >= 11 is 0. The van der Waals surface area contributed by atoms with Crippen LogP contribution in [0.1, 0.15) is 65.7 Å². The van der Waals surface area contributed by atoms with Crippen LogP contribution in [0.5, 0.6) is 0 Å². The first-order chi connectivity index (χ1) is 12.8. The van der Waals surface area contributed by atoms with Crippen molar-refractivity contribution in [3.8, 4) is 0 Å². The van der Waals surface area contributed by atoms with E-state index in [9.17, 15) is 14.4 Å². The minimum absolute atomic E-state index is 0.0212. The maximum atomic E-state index is 12.7. The van der Waals surface area contributed by atoms with Crippen molar-refractivity contribution in [1.82, 2.24) is 15.5 Å². The van der Waals surface area contributed by atoms with Gasteiger partial charge in [0.15, 0.2) is 0 Å². The number of rotatable bonds is 7. The number of nitrogens with zero attached hydrogens (tertiary/aromatic N) is 1. The molecule has 0 aromatic carbocycles. The molecule has 2 aliphatic carbocycles. The summed E-state index contributed by atoms with van der Waals surface area (Å²) in [5.74, 6) is 1.72. The van der Waals surface area contributed by atoms with E-state index in [0.717, 1.165) is 44.7 Å². The van der Waals surface area contributed by atoms with E-state index in [-0.39, 0.29) is 23.1 Å². The fourth-order valence-electron chi connectivity index (χ4n) is 5.46. The normalized spacial score (nSPS) is 33.1. The SMILES string of the molecule is CCC(NC(C)=O)C(=O)N1C[C@@H](CCNC(=O)C23CCC(CC2)C3)[C@H](C)C1. The molecular weight excluding hydrogens is 342 g/mol. The smallest absolute Gasteiger partial charge is 0.245 e. The minimum atomic E-state index is -0.426. The molecular formula is C21H35N3O3. The molecule has 2 bridgehead atoms. The van der Waals surface area contributed by atoms with Crippen molar-refractivity contribution in [3.63, 3.8) is 0 Å². The molecule has 3 fully saturated rings. The lowest BCUT2D eigenvalue weighted by Gasteiger charge is -2.26. The summed E-state index contributed by atoms with van der Waals surface area (Å²) in [6.07, 6.45) is 7.16. The second-order valence-electron chi connectivity index (χ2n) is 9.11.